The lowest BCUT2D eigenvalue weighted by atomic mass is 10.1. The van der Waals surface area contributed by atoms with Crippen molar-refractivity contribution in [3.63, 3.8) is 0 Å². The molecule has 1 aliphatic heterocycles. The van der Waals surface area contributed by atoms with Crippen LogP contribution in [-0.2, 0) is 0 Å². The van der Waals surface area contributed by atoms with Gasteiger partial charge in [0.05, 0.1) is 0 Å². The van der Waals surface area contributed by atoms with Gasteiger partial charge in [-0.15, -0.1) is 0 Å². The maximum Gasteiger partial charge on any atom is 0.0126 e. The molecule has 66 valence electrons. The van der Waals surface area contributed by atoms with Crippen LogP contribution in [0.3, 0.4) is 0 Å². The normalized spacial score (nSPS) is 24.0. The molecule has 0 aliphatic carbocycles. The standard InChI is InChI=1S/C9H20N2/c1-9(2,3)11-7-5-10(4)6-8-11/h5-8H2,1-4H3. The molecule has 0 saturated carbocycles. The third kappa shape index (κ3) is 2.46. The van der Waals surface area contributed by atoms with Crippen molar-refractivity contribution >= 4 is 0 Å². The molecule has 0 bridgehead atoms. The molecule has 1 heterocycles. The Balaban J connectivity index is 2.39. The third-order valence-corrected chi connectivity index (χ3v) is 2.45. The van der Waals surface area contributed by atoms with Gasteiger partial charge in [0, 0.05) is 31.7 Å². The summed E-state index contributed by atoms with van der Waals surface area (Å²) in [6.45, 7) is 11.8. The first-order chi connectivity index (χ1) is 5.00. The molecule has 0 unspecified atom stereocenters. The van der Waals surface area contributed by atoms with Gasteiger partial charge in [-0.05, 0) is 27.8 Å². The van der Waals surface area contributed by atoms with E-state index in [0.29, 0.717) is 5.54 Å². The third-order valence-electron chi connectivity index (χ3n) is 2.45. The summed E-state index contributed by atoms with van der Waals surface area (Å²) in [6.07, 6.45) is 0. The highest BCUT2D eigenvalue weighted by Crippen LogP contribution is 2.14. The summed E-state index contributed by atoms with van der Waals surface area (Å²) in [7, 11) is 2.19. The van der Waals surface area contributed by atoms with Crippen molar-refractivity contribution in [2.75, 3.05) is 33.2 Å². The van der Waals surface area contributed by atoms with Crippen molar-refractivity contribution in [1.29, 1.82) is 0 Å². The average molecular weight is 156 g/mol. The van der Waals surface area contributed by atoms with Crippen LogP contribution in [0.25, 0.3) is 0 Å². The first-order valence-corrected chi connectivity index (χ1v) is 4.44. The number of likely N-dealkylation sites (N-methyl/N-ethyl adjacent to an activating group) is 1. The molecular weight excluding hydrogens is 136 g/mol. The van der Waals surface area contributed by atoms with E-state index in [-0.39, 0.29) is 0 Å². The summed E-state index contributed by atoms with van der Waals surface area (Å²) < 4.78 is 0. The van der Waals surface area contributed by atoms with E-state index in [1.165, 1.54) is 26.2 Å². The van der Waals surface area contributed by atoms with Gasteiger partial charge in [0.25, 0.3) is 0 Å². The summed E-state index contributed by atoms with van der Waals surface area (Å²) in [5.74, 6) is 0. The van der Waals surface area contributed by atoms with Crippen molar-refractivity contribution < 1.29 is 0 Å². The van der Waals surface area contributed by atoms with Crippen molar-refractivity contribution in [3.05, 3.63) is 0 Å². The van der Waals surface area contributed by atoms with E-state index in [1.54, 1.807) is 0 Å². The summed E-state index contributed by atoms with van der Waals surface area (Å²) >= 11 is 0. The molecule has 0 amide bonds. The van der Waals surface area contributed by atoms with Crippen molar-refractivity contribution in [1.82, 2.24) is 9.80 Å². The zero-order valence-corrected chi connectivity index (χ0v) is 8.22. The molecule has 0 aromatic heterocycles. The summed E-state index contributed by atoms with van der Waals surface area (Å²) in [5, 5.41) is 0. The van der Waals surface area contributed by atoms with Crippen LogP contribution in [-0.4, -0.2) is 48.6 Å². The summed E-state index contributed by atoms with van der Waals surface area (Å²) in [5.41, 5.74) is 0.362. The number of hydrogen-bond donors (Lipinski definition) is 0. The highest BCUT2D eigenvalue weighted by molar-refractivity contribution is 4.80. The number of nitrogens with zero attached hydrogens (tertiary/aromatic N) is 2. The SMILES string of the molecule is CN1CCN(C(C)(C)C)CC1. The van der Waals surface area contributed by atoms with E-state index in [1.807, 2.05) is 0 Å². The second kappa shape index (κ2) is 3.11. The Labute approximate surface area is 70.2 Å². The highest BCUT2D eigenvalue weighted by Gasteiger charge is 2.23. The van der Waals surface area contributed by atoms with Crippen LogP contribution in [0.2, 0.25) is 0 Å². The molecule has 1 rings (SSSR count). The molecule has 0 radical (unpaired) electrons. The zero-order chi connectivity index (χ0) is 8.48. The van der Waals surface area contributed by atoms with Crippen LogP contribution >= 0.6 is 0 Å². The Morgan fingerprint density at radius 1 is 0.909 bits per heavy atom. The van der Waals surface area contributed by atoms with E-state index in [0.717, 1.165) is 0 Å². The number of rotatable bonds is 0. The van der Waals surface area contributed by atoms with Gasteiger partial charge in [-0.3, -0.25) is 4.90 Å². The lowest BCUT2D eigenvalue weighted by Gasteiger charge is -2.41. The Kier molecular flexibility index (Phi) is 2.55. The van der Waals surface area contributed by atoms with E-state index >= 15 is 0 Å². The fraction of sp³-hybridized carbons (Fsp3) is 1.00. The van der Waals surface area contributed by atoms with Crippen LogP contribution in [0.1, 0.15) is 20.8 Å². The van der Waals surface area contributed by atoms with Crippen molar-refractivity contribution in [2.45, 2.75) is 26.3 Å². The van der Waals surface area contributed by atoms with Crippen molar-refractivity contribution in [2.24, 2.45) is 0 Å². The molecule has 11 heavy (non-hydrogen) atoms. The Bertz CT molecular complexity index is 118. The Hall–Kier alpha value is -0.0800. The molecule has 0 aromatic rings. The summed E-state index contributed by atoms with van der Waals surface area (Å²) in [6, 6.07) is 0. The fourth-order valence-electron chi connectivity index (χ4n) is 1.48. The highest BCUT2D eigenvalue weighted by atomic mass is 15.3. The van der Waals surface area contributed by atoms with Crippen LogP contribution in [0.4, 0.5) is 0 Å². The molecule has 1 aliphatic rings. The first kappa shape index (κ1) is 9.01. The van der Waals surface area contributed by atoms with Gasteiger partial charge in [0.1, 0.15) is 0 Å². The predicted octanol–water partition coefficient (Wildman–Crippen LogP) is 1.03. The van der Waals surface area contributed by atoms with E-state index < -0.39 is 0 Å². The Morgan fingerprint density at radius 2 is 1.36 bits per heavy atom. The van der Waals surface area contributed by atoms with Crippen LogP contribution < -0.4 is 0 Å². The lowest BCUT2D eigenvalue weighted by molar-refractivity contribution is 0.0736. The number of piperazine rings is 1. The zero-order valence-electron chi connectivity index (χ0n) is 8.22. The molecular formula is C9H20N2. The van der Waals surface area contributed by atoms with Crippen LogP contribution in [0.5, 0.6) is 0 Å². The van der Waals surface area contributed by atoms with Gasteiger partial charge in [-0.1, -0.05) is 0 Å². The van der Waals surface area contributed by atoms with Gasteiger partial charge < -0.3 is 4.90 Å². The van der Waals surface area contributed by atoms with Crippen molar-refractivity contribution in [3.8, 4) is 0 Å². The molecule has 0 N–H and O–H groups in total. The van der Waals surface area contributed by atoms with Gasteiger partial charge in [0.2, 0.25) is 0 Å². The van der Waals surface area contributed by atoms with Gasteiger partial charge in [0.15, 0.2) is 0 Å². The largest absolute Gasteiger partial charge is 0.304 e. The fourth-order valence-corrected chi connectivity index (χ4v) is 1.48. The maximum absolute atomic E-state index is 2.55. The molecule has 1 saturated heterocycles. The number of hydrogen-bond acceptors (Lipinski definition) is 2. The molecule has 0 spiro atoms. The van der Waals surface area contributed by atoms with Gasteiger partial charge in [-0.2, -0.15) is 0 Å². The first-order valence-electron chi connectivity index (χ1n) is 4.44. The smallest absolute Gasteiger partial charge is 0.0126 e. The van der Waals surface area contributed by atoms with Crippen LogP contribution in [0, 0.1) is 0 Å². The predicted molar refractivity (Wildman–Crippen MR) is 48.8 cm³/mol. The maximum atomic E-state index is 2.55. The van der Waals surface area contributed by atoms with E-state index in [2.05, 4.69) is 37.6 Å². The van der Waals surface area contributed by atoms with E-state index in [4.69, 9.17) is 0 Å². The quantitative estimate of drug-likeness (QED) is 0.517. The lowest BCUT2D eigenvalue weighted by Crippen LogP contribution is -2.52. The molecule has 2 heteroatoms. The second-order valence-electron chi connectivity index (χ2n) is 4.46. The molecule has 0 aromatic carbocycles. The van der Waals surface area contributed by atoms with E-state index in [9.17, 15) is 0 Å². The summed E-state index contributed by atoms with van der Waals surface area (Å²) in [4.78, 5) is 4.94. The van der Waals surface area contributed by atoms with Gasteiger partial charge in [-0.25, -0.2) is 0 Å². The minimum atomic E-state index is 0.362. The molecule has 2 nitrogen and oxygen atoms in total. The average Bonchev–Trinajstić information content (AvgIpc) is 1.86. The minimum Gasteiger partial charge on any atom is -0.304 e. The van der Waals surface area contributed by atoms with Crippen LogP contribution in [0.15, 0.2) is 0 Å². The molecule has 0 atom stereocenters. The monoisotopic (exact) mass is 156 g/mol. The Morgan fingerprint density at radius 3 is 1.73 bits per heavy atom. The topological polar surface area (TPSA) is 6.48 Å². The minimum absolute atomic E-state index is 0.362. The molecule has 1 fully saturated rings. The van der Waals surface area contributed by atoms with Gasteiger partial charge >= 0.3 is 0 Å². The second-order valence-corrected chi connectivity index (χ2v) is 4.46.